The number of anilines is 1. The molecule has 2 amide bonds. The molecule has 4 heterocycles. The number of amides is 2. The van der Waals surface area contributed by atoms with Crippen LogP contribution in [0.5, 0.6) is 0 Å². The highest BCUT2D eigenvalue weighted by Crippen LogP contribution is 2.35. The van der Waals surface area contributed by atoms with Crippen LogP contribution in [0.15, 0.2) is 67.0 Å². The van der Waals surface area contributed by atoms with Crippen LogP contribution < -0.4 is 5.32 Å². The van der Waals surface area contributed by atoms with E-state index in [2.05, 4.69) is 30.1 Å². The zero-order chi connectivity index (χ0) is 39.6. The predicted molar refractivity (Wildman–Crippen MR) is 209 cm³/mol. The molecule has 0 aliphatic carbocycles. The van der Waals surface area contributed by atoms with Gasteiger partial charge in [0.1, 0.15) is 23.6 Å². The summed E-state index contributed by atoms with van der Waals surface area (Å²) in [6.07, 6.45) is 2.70. The van der Waals surface area contributed by atoms with E-state index in [-0.39, 0.29) is 17.4 Å². The first-order chi connectivity index (χ1) is 26.8. The number of benzene rings is 3. The number of piperidine rings is 1. The molecule has 0 radical (unpaired) electrons. The van der Waals surface area contributed by atoms with Crippen LogP contribution in [0, 0.1) is 18.6 Å². The van der Waals surface area contributed by atoms with Crippen LogP contribution in [0.25, 0.3) is 33.5 Å². The molecule has 2 aromatic heterocycles. The summed E-state index contributed by atoms with van der Waals surface area (Å²) in [5, 5.41) is 22.7. The van der Waals surface area contributed by atoms with E-state index < -0.39 is 29.2 Å². The van der Waals surface area contributed by atoms with Crippen LogP contribution in [-0.2, 0) is 16.9 Å². The molecule has 0 saturated carbocycles. The summed E-state index contributed by atoms with van der Waals surface area (Å²) in [6.45, 7) is 11.9. The molecule has 0 spiro atoms. The van der Waals surface area contributed by atoms with Gasteiger partial charge in [-0.2, -0.15) is 0 Å². The Kier molecular flexibility index (Phi) is 11.4. The van der Waals surface area contributed by atoms with Gasteiger partial charge in [0.2, 0.25) is 0 Å². The van der Waals surface area contributed by atoms with Gasteiger partial charge in [0.25, 0.3) is 5.91 Å². The van der Waals surface area contributed by atoms with Gasteiger partial charge in [0.15, 0.2) is 0 Å². The van der Waals surface area contributed by atoms with E-state index in [1.165, 1.54) is 49.3 Å². The summed E-state index contributed by atoms with van der Waals surface area (Å²) in [5.74, 6) is -2.15. The lowest BCUT2D eigenvalue weighted by molar-refractivity contribution is -0.00446. The number of H-pyrrole nitrogens is 1. The van der Waals surface area contributed by atoms with Gasteiger partial charge in [0, 0.05) is 74.7 Å². The first kappa shape index (κ1) is 39.0. The Morgan fingerprint density at radius 1 is 0.929 bits per heavy atom. The number of rotatable bonds is 11. The van der Waals surface area contributed by atoms with Crippen molar-refractivity contribution in [1.29, 1.82) is 0 Å². The van der Waals surface area contributed by atoms with Crippen LogP contribution in [0.1, 0.15) is 53.7 Å². The lowest BCUT2D eigenvalue weighted by Gasteiger charge is -2.36. The molecular weight excluding hydrogens is 721 g/mol. The number of nitrogens with zero attached hydrogens (tertiary/aromatic N) is 5. The van der Waals surface area contributed by atoms with E-state index in [1.54, 1.807) is 6.92 Å². The number of aromatic amines is 1. The Morgan fingerprint density at radius 2 is 1.62 bits per heavy atom. The smallest absolute Gasteiger partial charge is 0.407 e. The van der Waals surface area contributed by atoms with E-state index in [0.29, 0.717) is 53.1 Å². The molecule has 0 bridgehead atoms. The minimum absolute atomic E-state index is 0.173. The average Bonchev–Trinajstić information content (AvgIpc) is 3.63. The minimum Gasteiger partial charge on any atom is -0.465 e. The molecule has 12 nitrogen and oxygen atoms in total. The first-order valence-electron chi connectivity index (χ1n) is 18.9. The number of fused-ring (bicyclic) bond motifs is 1. The number of piperazine rings is 1. The fourth-order valence-electron chi connectivity index (χ4n) is 7.37. The number of aliphatic hydroxyl groups is 1. The number of aromatic nitrogens is 3. The quantitative estimate of drug-likeness (QED) is 0.116. The second-order valence-corrected chi connectivity index (χ2v) is 15.2. The molecule has 4 N–H and O–H groups in total. The summed E-state index contributed by atoms with van der Waals surface area (Å²) in [7, 11) is 0. The zero-order valence-electron chi connectivity index (χ0n) is 31.8. The van der Waals surface area contributed by atoms with Gasteiger partial charge in [0.05, 0.1) is 29.6 Å². The number of carbonyl (C=O) groups excluding carboxylic acids is 1. The Balaban J connectivity index is 0.967. The lowest BCUT2D eigenvalue weighted by atomic mass is 9.96. The number of carboxylic acid groups (broad SMARTS) is 1. The number of halogens is 2. The summed E-state index contributed by atoms with van der Waals surface area (Å²) >= 11 is 0. The van der Waals surface area contributed by atoms with Crippen molar-refractivity contribution in [3.63, 3.8) is 0 Å². The summed E-state index contributed by atoms with van der Waals surface area (Å²) in [5.41, 5.74) is 3.80. The number of likely N-dealkylation sites (tertiary alicyclic amines) is 1. The monoisotopic (exact) mass is 767 g/mol. The topological polar surface area (TPSA) is 147 Å². The zero-order valence-corrected chi connectivity index (χ0v) is 31.8. The van der Waals surface area contributed by atoms with Gasteiger partial charge in [-0.05, 0) is 86.2 Å². The standard InChI is InChI=1S/C42H47F2N7O5/c1-26-33(21-30(43)22-36(26)48-40(52)32-9-8-29(20-35(32)44)42(2,3)55)38-34-23-37(47-39(34)46-25-45-38)28-6-4-27(5-7-28)24-56-31-10-12-49(13-11-31)14-15-50-16-18-51(19-17-50)41(53)54/h4-9,20-23,25,31,55H,10-19,24H2,1-3H3,(H,48,52)(H,53,54)(H,45,46,47). The average molecular weight is 768 g/mol. The minimum atomic E-state index is -1.28. The molecule has 2 fully saturated rings. The van der Waals surface area contributed by atoms with E-state index in [1.807, 2.05) is 30.3 Å². The SMILES string of the molecule is Cc1c(NC(=O)c2ccc(C(C)(C)O)cc2F)cc(F)cc1-c1ncnc2[nH]c(-c3ccc(COC4CCN(CCN5CCN(C(=O)O)CC5)CC4)cc3)cc12. The first-order valence-corrected chi connectivity index (χ1v) is 18.9. The van der Waals surface area contributed by atoms with Crippen molar-refractivity contribution in [2.75, 3.05) is 57.7 Å². The number of nitrogens with one attached hydrogen (secondary N) is 2. The number of carbonyl (C=O) groups is 2. The Labute approximate surface area is 324 Å². The number of hydrogen-bond acceptors (Lipinski definition) is 8. The molecular formula is C42H47F2N7O5. The maximum Gasteiger partial charge on any atom is 0.407 e. The summed E-state index contributed by atoms with van der Waals surface area (Å²) in [4.78, 5) is 42.8. The normalized spacial score (nSPS) is 16.1. The third kappa shape index (κ3) is 8.89. The van der Waals surface area contributed by atoms with Crippen molar-refractivity contribution in [2.24, 2.45) is 0 Å². The van der Waals surface area contributed by atoms with Crippen molar-refractivity contribution < 1.29 is 33.3 Å². The summed E-state index contributed by atoms with van der Waals surface area (Å²) in [6, 6.07) is 16.5. The van der Waals surface area contributed by atoms with Crippen molar-refractivity contribution in [3.05, 3.63) is 101 Å². The third-order valence-electron chi connectivity index (χ3n) is 10.9. The highest BCUT2D eigenvalue weighted by molar-refractivity contribution is 6.06. The predicted octanol–water partition coefficient (Wildman–Crippen LogP) is 6.63. The fourth-order valence-corrected chi connectivity index (χ4v) is 7.37. The second kappa shape index (κ2) is 16.4. The van der Waals surface area contributed by atoms with E-state index >= 15 is 4.39 Å². The second-order valence-electron chi connectivity index (χ2n) is 15.2. The molecule has 14 heteroatoms. The molecule has 3 aromatic carbocycles. The Hall–Kier alpha value is -5.28. The van der Waals surface area contributed by atoms with Gasteiger partial charge >= 0.3 is 6.09 Å². The summed E-state index contributed by atoms with van der Waals surface area (Å²) < 4.78 is 36.3. The maximum absolute atomic E-state index is 15.1. The van der Waals surface area contributed by atoms with Crippen molar-refractivity contribution in [1.82, 2.24) is 29.7 Å². The van der Waals surface area contributed by atoms with Gasteiger partial charge in [-0.1, -0.05) is 30.3 Å². The van der Waals surface area contributed by atoms with Crippen LogP contribution in [0.2, 0.25) is 0 Å². The van der Waals surface area contributed by atoms with E-state index in [9.17, 15) is 19.1 Å². The largest absolute Gasteiger partial charge is 0.465 e. The molecule has 2 saturated heterocycles. The molecule has 0 atom stereocenters. The van der Waals surface area contributed by atoms with Crippen LogP contribution in [-0.4, -0.2) is 110 Å². The van der Waals surface area contributed by atoms with Gasteiger partial charge < -0.3 is 35.1 Å². The van der Waals surface area contributed by atoms with Crippen LogP contribution in [0.4, 0.5) is 19.3 Å². The van der Waals surface area contributed by atoms with Crippen molar-refractivity contribution in [2.45, 2.75) is 51.9 Å². The van der Waals surface area contributed by atoms with Gasteiger partial charge in [-0.25, -0.2) is 23.5 Å². The van der Waals surface area contributed by atoms with E-state index in [4.69, 9.17) is 9.84 Å². The molecule has 0 unspecified atom stereocenters. The lowest BCUT2D eigenvalue weighted by Crippen LogP contribution is -2.50. The van der Waals surface area contributed by atoms with Gasteiger partial charge in [-0.15, -0.1) is 0 Å². The fraction of sp³-hybridized carbons (Fsp3) is 0.381. The molecule has 2 aliphatic heterocycles. The third-order valence-corrected chi connectivity index (χ3v) is 10.9. The molecule has 56 heavy (non-hydrogen) atoms. The Bertz CT molecular complexity index is 2210. The van der Waals surface area contributed by atoms with E-state index in [0.717, 1.165) is 75.0 Å². The molecule has 2 aliphatic rings. The highest BCUT2D eigenvalue weighted by Gasteiger charge is 2.24. The van der Waals surface area contributed by atoms with Crippen molar-refractivity contribution >= 4 is 28.7 Å². The molecule has 5 aromatic rings. The maximum atomic E-state index is 15.1. The van der Waals surface area contributed by atoms with Crippen LogP contribution >= 0.6 is 0 Å². The van der Waals surface area contributed by atoms with Crippen molar-refractivity contribution in [3.8, 4) is 22.5 Å². The number of ether oxygens (including phenoxy) is 1. The Morgan fingerprint density at radius 3 is 2.29 bits per heavy atom. The van der Waals surface area contributed by atoms with Crippen LogP contribution in [0.3, 0.4) is 0 Å². The molecule has 7 rings (SSSR count). The van der Waals surface area contributed by atoms with Gasteiger partial charge in [-0.3, -0.25) is 9.69 Å². The highest BCUT2D eigenvalue weighted by atomic mass is 19.1. The number of hydrogen-bond donors (Lipinski definition) is 4. The molecule has 294 valence electrons.